The standard InChI is InChI=1S/C14H19N3O/c1-9-5-6-12(8-15)13(7-9)18-14-10(2)16-17(4)11(14)3/h5-7H,8,15H2,1-4H3. The topological polar surface area (TPSA) is 53.1 Å². The van der Waals surface area contributed by atoms with Crippen molar-refractivity contribution >= 4 is 0 Å². The van der Waals surface area contributed by atoms with Gasteiger partial charge in [-0.25, -0.2) is 0 Å². The SMILES string of the molecule is Cc1ccc(CN)c(Oc2c(C)nn(C)c2C)c1. The summed E-state index contributed by atoms with van der Waals surface area (Å²) in [6, 6.07) is 6.05. The van der Waals surface area contributed by atoms with Crippen LogP contribution in [-0.2, 0) is 13.6 Å². The number of hydrogen-bond acceptors (Lipinski definition) is 3. The van der Waals surface area contributed by atoms with Gasteiger partial charge in [0, 0.05) is 19.2 Å². The molecule has 0 saturated heterocycles. The van der Waals surface area contributed by atoms with Gasteiger partial charge in [0.25, 0.3) is 0 Å². The molecule has 0 saturated carbocycles. The van der Waals surface area contributed by atoms with Gasteiger partial charge in [-0.2, -0.15) is 5.10 Å². The zero-order chi connectivity index (χ0) is 13.3. The van der Waals surface area contributed by atoms with E-state index in [9.17, 15) is 0 Å². The third-order valence-electron chi connectivity index (χ3n) is 3.10. The first-order chi connectivity index (χ1) is 8.52. The average Bonchev–Trinajstić information content (AvgIpc) is 2.56. The molecule has 0 aliphatic heterocycles. The van der Waals surface area contributed by atoms with Gasteiger partial charge in [-0.1, -0.05) is 12.1 Å². The first-order valence-electron chi connectivity index (χ1n) is 6.00. The van der Waals surface area contributed by atoms with Gasteiger partial charge in [-0.3, -0.25) is 4.68 Å². The Kier molecular flexibility index (Phi) is 3.39. The van der Waals surface area contributed by atoms with E-state index >= 15 is 0 Å². The van der Waals surface area contributed by atoms with E-state index in [1.54, 1.807) is 0 Å². The van der Waals surface area contributed by atoms with Gasteiger partial charge >= 0.3 is 0 Å². The molecule has 0 aliphatic carbocycles. The number of aryl methyl sites for hydroxylation is 3. The van der Waals surface area contributed by atoms with E-state index in [0.29, 0.717) is 6.54 Å². The van der Waals surface area contributed by atoms with Crippen molar-refractivity contribution in [2.75, 3.05) is 0 Å². The van der Waals surface area contributed by atoms with Crippen LogP contribution in [0.2, 0.25) is 0 Å². The van der Waals surface area contributed by atoms with Crippen molar-refractivity contribution in [1.29, 1.82) is 0 Å². The molecule has 0 amide bonds. The van der Waals surface area contributed by atoms with Crippen molar-refractivity contribution in [3.05, 3.63) is 40.7 Å². The maximum atomic E-state index is 6.00. The molecule has 4 nitrogen and oxygen atoms in total. The minimum Gasteiger partial charge on any atom is -0.453 e. The fraction of sp³-hybridized carbons (Fsp3) is 0.357. The molecule has 0 fully saturated rings. The van der Waals surface area contributed by atoms with Crippen LogP contribution in [-0.4, -0.2) is 9.78 Å². The summed E-state index contributed by atoms with van der Waals surface area (Å²) in [6.45, 7) is 6.44. The molecule has 0 aliphatic rings. The van der Waals surface area contributed by atoms with Crippen LogP contribution in [0.4, 0.5) is 0 Å². The molecule has 0 unspecified atom stereocenters. The Labute approximate surface area is 107 Å². The largest absolute Gasteiger partial charge is 0.453 e. The second-order valence-corrected chi connectivity index (χ2v) is 4.54. The molecular weight excluding hydrogens is 226 g/mol. The fourth-order valence-corrected chi connectivity index (χ4v) is 1.94. The van der Waals surface area contributed by atoms with Crippen LogP contribution in [0.3, 0.4) is 0 Å². The van der Waals surface area contributed by atoms with Gasteiger partial charge in [-0.15, -0.1) is 0 Å². The van der Waals surface area contributed by atoms with Gasteiger partial charge in [0.05, 0.1) is 5.69 Å². The second kappa shape index (κ2) is 4.82. The summed E-state index contributed by atoms with van der Waals surface area (Å²) in [6.07, 6.45) is 0. The number of nitrogens with two attached hydrogens (primary N) is 1. The van der Waals surface area contributed by atoms with E-state index in [0.717, 1.165) is 34.0 Å². The lowest BCUT2D eigenvalue weighted by molar-refractivity contribution is 0.468. The molecule has 1 heterocycles. The Morgan fingerprint density at radius 1 is 1.28 bits per heavy atom. The van der Waals surface area contributed by atoms with Crippen LogP contribution >= 0.6 is 0 Å². The molecule has 96 valence electrons. The molecule has 4 heteroatoms. The third-order valence-corrected chi connectivity index (χ3v) is 3.10. The van der Waals surface area contributed by atoms with Gasteiger partial charge in [-0.05, 0) is 32.4 Å². The third kappa shape index (κ3) is 2.24. The molecule has 18 heavy (non-hydrogen) atoms. The number of nitrogens with zero attached hydrogens (tertiary/aromatic N) is 2. The first-order valence-corrected chi connectivity index (χ1v) is 6.00. The Bertz CT molecular complexity index is 573. The summed E-state index contributed by atoms with van der Waals surface area (Å²) in [5.74, 6) is 1.63. The Morgan fingerprint density at radius 3 is 2.56 bits per heavy atom. The lowest BCUT2D eigenvalue weighted by Gasteiger charge is -2.11. The molecule has 1 aromatic heterocycles. The van der Waals surface area contributed by atoms with Crippen LogP contribution < -0.4 is 10.5 Å². The Hall–Kier alpha value is -1.81. The van der Waals surface area contributed by atoms with E-state index in [1.807, 2.05) is 50.7 Å². The van der Waals surface area contributed by atoms with E-state index in [4.69, 9.17) is 10.5 Å². The van der Waals surface area contributed by atoms with Crippen molar-refractivity contribution in [3.63, 3.8) is 0 Å². The minimum atomic E-state index is 0.466. The molecule has 2 rings (SSSR count). The van der Waals surface area contributed by atoms with Gasteiger partial charge < -0.3 is 10.5 Å². The van der Waals surface area contributed by atoms with Gasteiger partial charge in [0.1, 0.15) is 11.4 Å². The maximum Gasteiger partial charge on any atom is 0.171 e. The van der Waals surface area contributed by atoms with E-state index < -0.39 is 0 Å². The highest BCUT2D eigenvalue weighted by molar-refractivity contribution is 5.43. The molecule has 2 aromatic rings. The van der Waals surface area contributed by atoms with Crippen molar-refractivity contribution in [3.8, 4) is 11.5 Å². The summed E-state index contributed by atoms with van der Waals surface area (Å²) in [5.41, 5.74) is 9.79. The molecule has 0 bridgehead atoms. The lowest BCUT2D eigenvalue weighted by Crippen LogP contribution is -2.00. The van der Waals surface area contributed by atoms with Crippen LogP contribution in [0.5, 0.6) is 11.5 Å². The zero-order valence-electron chi connectivity index (χ0n) is 11.3. The normalized spacial score (nSPS) is 10.7. The van der Waals surface area contributed by atoms with Crippen molar-refractivity contribution in [2.24, 2.45) is 12.8 Å². The number of aromatic nitrogens is 2. The van der Waals surface area contributed by atoms with Crippen LogP contribution in [0.25, 0.3) is 0 Å². The molecule has 0 radical (unpaired) electrons. The zero-order valence-corrected chi connectivity index (χ0v) is 11.3. The number of rotatable bonds is 3. The van der Waals surface area contributed by atoms with Crippen molar-refractivity contribution in [1.82, 2.24) is 9.78 Å². The monoisotopic (exact) mass is 245 g/mol. The predicted molar refractivity (Wildman–Crippen MR) is 71.8 cm³/mol. The number of hydrogen-bond donors (Lipinski definition) is 1. The molecular formula is C14H19N3O. The summed E-state index contributed by atoms with van der Waals surface area (Å²) >= 11 is 0. The quantitative estimate of drug-likeness (QED) is 0.904. The van der Waals surface area contributed by atoms with Crippen LogP contribution in [0, 0.1) is 20.8 Å². The fourth-order valence-electron chi connectivity index (χ4n) is 1.94. The molecule has 1 aromatic carbocycles. The lowest BCUT2D eigenvalue weighted by atomic mass is 10.1. The summed E-state index contributed by atoms with van der Waals surface area (Å²) in [4.78, 5) is 0. The summed E-state index contributed by atoms with van der Waals surface area (Å²) in [5, 5.41) is 4.35. The highest BCUT2D eigenvalue weighted by Crippen LogP contribution is 2.30. The van der Waals surface area contributed by atoms with Crippen molar-refractivity contribution in [2.45, 2.75) is 27.3 Å². The predicted octanol–water partition coefficient (Wildman–Crippen LogP) is 2.60. The van der Waals surface area contributed by atoms with Gasteiger partial charge in [0.15, 0.2) is 5.75 Å². The first kappa shape index (κ1) is 12.6. The van der Waals surface area contributed by atoms with Gasteiger partial charge in [0.2, 0.25) is 0 Å². The molecule has 0 spiro atoms. The number of ether oxygens (including phenoxy) is 1. The van der Waals surface area contributed by atoms with E-state index in [2.05, 4.69) is 5.10 Å². The molecule has 2 N–H and O–H groups in total. The molecule has 0 atom stereocenters. The maximum absolute atomic E-state index is 6.00. The minimum absolute atomic E-state index is 0.466. The van der Waals surface area contributed by atoms with Crippen LogP contribution in [0.15, 0.2) is 18.2 Å². The summed E-state index contributed by atoms with van der Waals surface area (Å²) in [7, 11) is 1.91. The second-order valence-electron chi connectivity index (χ2n) is 4.54. The Balaban J connectivity index is 2.42. The summed E-state index contributed by atoms with van der Waals surface area (Å²) < 4.78 is 7.82. The smallest absolute Gasteiger partial charge is 0.171 e. The van der Waals surface area contributed by atoms with E-state index in [-0.39, 0.29) is 0 Å². The van der Waals surface area contributed by atoms with Crippen molar-refractivity contribution < 1.29 is 4.74 Å². The Morgan fingerprint density at radius 2 is 2.00 bits per heavy atom. The highest BCUT2D eigenvalue weighted by Gasteiger charge is 2.13. The van der Waals surface area contributed by atoms with Crippen LogP contribution in [0.1, 0.15) is 22.5 Å². The van der Waals surface area contributed by atoms with E-state index in [1.165, 1.54) is 0 Å². The average molecular weight is 245 g/mol. The highest BCUT2D eigenvalue weighted by atomic mass is 16.5. The number of benzene rings is 1.